The van der Waals surface area contributed by atoms with Crippen LogP contribution < -0.4 is 5.73 Å². The molecule has 82 valence electrons. The van der Waals surface area contributed by atoms with E-state index in [9.17, 15) is 0 Å². The van der Waals surface area contributed by atoms with Gasteiger partial charge in [-0.15, -0.1) is 0 Å². The SMILES string of the molecule is Cc1cc(-c2ccnc(CN)n2)ccc1Cl. The number of aryl methyl sites for hydroxylation is 1. The van der Waals surface area contributed by atoms with Gasteiger partial charge in [0, 0.05) is 16.8 Å². The van der Waals surface area contributed by atoms with Gasteiger partial charge in [0.1, 0.15) is 5.82 Å². The van der Waals surface area contributed by atoms with Crippen molar-refractivity contribution in [3.8, 4) is 11.3 Å². The number of aromatic nitrogens is 2. The first-order chi connectivity index (χ1) is 7.70. The van der Waals surface area contributed by atoms with Crippen LogP contribution >= 0.6 is 11.6 Å². The van der Waals surface area contributed by atoms with Gasteiger partial charge < -0.3 is 5.73 Å². The molecular weight excluding hydrogens is 222 g/mol. The average Bonchev–Trinajstić information content (AvgIpc) is 2.33. The van der Waals surface area contributed by atoms with Crippen molar-refractivity contribution in [2.24, 2.45) is 5.73 Å². The maximum Gasteiger partial charge on any atom is 0.142 e. The van der Waals surface area contributed by atoms with Crippen molar-refractivity contribution >= 4 is 11.6 Å². The van der Waals surface area contributed by atoms with Crippen LogP contribution in [-0.4, -0.2) is 9.97 Å². The summed E-state index contributed by atoms with van der Waals surface area (Å²) in [6, 6.07) is 7.68. The zero-order valence-electron chi connectivity index (χ0n) is 8.94. The highest BCUT2D eigenvalue weighted by molar-refractivity contribution is 6.31. The average molecular weight is 234 g/mol. The van der Waals surface area contributed by atoms with Crippen molar-refractivity contribution in [1.29, 1.82) is 0 Å². The molecule has 0 bridgehead atoms. The lowest BCUT2D eigenvalue weighted by Crippen LogP contribution is -2.03. The summed E-state index contributed by atoms with van der Waals surface area (Å²) in [6.07, 6.45) is 1.72. The van der Waals surface area contributed by atoms with E-state index >= 15 is 0 Å². The largest absolute Gasteiger partial charge is 0.324 e. The van der Waals surface area contributed by atoms with Crippen LogP contribution in [0.4, 0.5) is 0 Å². The first-order valence-corrected chi connectivity index (χ1v) is 5.37. The molecule has 4 heteroatoms. The van der Waals surface area contributed by atoms with Gasteiger partial charge in [0.25, 0.3) is 0 Å². The van der Waals surface area contributed by atoms with Gasteiger partial charge in [-0.2, -0.15) is 0 Å². The van der Waals surface area contributed by atoms with Gasteiger partial charge in [0.05, 0.1) is 12.2 Å². The molecule has 1 aromatic heterocycles. The molecule has 0 aliphatic heterocycles. The lowest BCUT2D eigenvalue weighted by molar-refractivity contribution is 0.912. The number of benzene rings is 1. The molecule has 0 fully saturated rings. The molecule has 0 aliphatic rings. The lowest BCUT2D eigenvalue weighted by Gasteiger charge is -2.04. The maximum absolute atomic E-state index is 5.97. The van der Waals surface area contributed by atoms with Crippen molar-refractivity contribution in [2.45, 2.75) is 13.5 Å². The summed E-state index contributed by atoms with van der Waals surface area (Å²) in [6.45, 7) is 2.32. The van der Waals surface area contributed by atoms with Gasteiger partial charge in [0.15, 0.2) is 0 Å². The number of nitrogens with two attached hydrogens (primary N) is 1. The minimum atomic E-state index is 0.348. The molecule has 3 nitrogen and oxygen atoms in total. The van der Waals surface area contributed by atoms with Crippen LogP contribution in [0.2, 0.25) is 5.02 Å². The Hall–Kier alpha value is -1.45. The fourth-order valence-electron chi connectivity index (χ4n) is 1.46. The fourth-order valence-corrected chi connectivity index (χ4v) is 1.58. The summed E-state index contributed by atoms with van der Waals surface area (Å²) in [7, 11) is 0. The summed E-state index contributed by atoms with van der Waals surface area (Å²) in [4.78, 5) is 8.41. The number of halogens is 1. The highest BCUT2D eigenvalue weighted by atomic mass is 35.5. The van der Waals surface area contributed by atoms with Crippen molar-refractivity contribution < 1.29 is 0 Å². The van der Waals surface area contributed by atoms with E-state index < -0.39 is 0 Å². The molecule has 0 unspecified atom stereocenters. The van der Waals surface area contributed by atoms with Crippen LogP contribution in [0.25, 0.3) is 11.3 Å². The molecule has 0 saturated heterocycles. The van der Waals surface area contributed by atoms with E-state index in [-0.39, 0.29) is 0 Å². The summed E-state index contributed by atoms with van der Waals surface area (Å²) in [5.74, 6) is 0.644. The van der Waals surface area contributed by atoms with E-state index in [1.807, 2.05) is 31.2 Å². The Bertz CT molecular complexity index is 511. The molecule has 0 radical (unpaired) electrons. The Balaban J connectivity index is 2.46. The van der Waals surface area contributed by atoms with Gasteiger partial charge in [-0.05, 0) is 30.7 Å². The van der Waals surface area contributed by atoms with Gasteiger partial charge in [-0.1, -0.05) is 17.7 Å². The molecule has 2 rings (SSSR count). The van der Waals surface area contributed by atoms with E-state index in [1.165, 1.54) is 0 Å². The molecule has 0 saturated carbocycles. The minimum Gasteiger partial charge on any atom is -0.324 e. The predicted molar refractivity (Wildman–Crippen MR) is 65.1 cm³/mol. The van der Waals surface area contributed by atoms with E-state index in [1.54, 1.807) is 6.20 Å². The van der Waals surface area contributed by atoms with Crippen molar-refractivity contribution in [3.05, 3.63) is 46.9 Å². The van der Waals surface area contributed by atoms with Crippen LogP contribution in [0.1, 0.15) is 11.4 Å². The third-order valence-electron chi connectivity index (χ3n) is 2.34. The first kappa shape index (κ1) is 11.0. The van der Waals surface area contributed by atoms with Crippen LogP contribution in [0.5, 0.6) is 0 Å². The second kappa shape index (κ2) is 4.60. The van der Waals surface area contributed by atoms with Gasteiger partial charge in [0.2, 0.25) is 0 Å². The third kappa shape index (κ3) is 2.21. The van der Waals surface area contributed by atoms with E-state index in [0.29, 0.717) is 12.4 Å². The maximum atomic E-state index is 5.97. The second-order valence-electron chi connectivity index (χ2n) is 3.53. The van der Waals surface area contributed by atoms with Gasteiger partial charge in [-0.3, -0.25) is 0 Å². The molecule has 2 aromatic rings. The summed E-state index contributed by atoms with van der Waals surface area (Å²) >= 11 is 5.97. The second-order valence-corrected chi connectivity index (χ2v) is 3.93. The van der Waals surface area contributed by atoms with Crippen LogP contribution in [-0.2, 0) is 6.54 Å². The number of nitrogens with zero attached hydrogens (tertiary/aromatic N) is 2. The Morgan fingerprint density at radius 2 is 2.12 bits per heavy atom. The summed E-state index contributed by atoms with van der Waals surface area (Å²) in [5.41, 5.74) is 8.44. The smallest absolute Gasteiger partial charge is 0.142 e. The van der Waals surface area contributed by atoms with Gasteiger partial charge >= 0.3 is 0 Å². The van der Waals surface area contributed by atoms with Crippen molar-refractivity contribution in [1.82, 2.24) is 9.97 Å². The van der Waals surface area contributed by atoms with E-state index in [2.05, 4.69) is 9.97 Å². The zero-order valence-corrected chi connectivity index (χ0v) is 9.70. The highest BCUT2D eigenvalue weighted by Crippen LogP contribution is 2.22. The third-order valence-corrected chi connectivity index (χ3v) is 2.77. The zero-order chi connectivity index (χ0) is 11.5. The molecule has 2 N–H and O–H groups in total. The van der Waals surface area contributed by atoms with Gasteiger partial charge in [-0.25, -0.2) is 9.97 Å². The number of hydrogen-bond acceptors (Lipinski definition) is 3. The topological polar surface area (TPSA) is 51.8 Å². The normalized spacial score (nSPS) is 10.4. The van der Waals surface area contributed by atoms with Crippen molar-refractivity contribution in [3.63, 3.8) is 0 Å². The standard InChI is InChI=1S/C12H12ClN3/c1-8-6-9(2-3-10(8)13)11-4-5-15-12(7-14)16-11/h2-6H,7,14H2,1H3. The Kier molecular flexibility index (Phi) is 3.17. The highest BCUT2D eigenvalue weighted by Gasteiger charge is 2.03. The lowest BCUT2D eigenvalue weighted by atomic mass is 10.1. The summed E-state index contributed by atoms with van der Waals surface area (Å²) in [5, 5.41) is 0.761. The Morgan fingerprint density at radius 1 is 1.31 bits per heavy atom. The quantitative estimate of drug-likeness (QED) is 0.868. The molecule has 1 aromatic carbocycles. The fraction of sp³-hybridized carbons (Fsp3) is 0.167. The Labute approximate surface area is 99.3 Å². The van der Waals surface area contributed by atoms with Crippen LogP contribution in [0, 0.1) is 6.92 Å². The molecule has 0 aliphatic carbocycles. The monoisotopic (exact) mass is 233 g/mol. The molecule has 16 heavy (non-hydrogen) atoms. The minimum absolute atomic E-state index is 0.348. The van der Waals surface area contributed by atoms with Crippen LogP contribution in [0.15, 0.2) is 30.5 Å². The molecule has 0 spiro atoms. The van der Waals surface area contributed by atoms with E-state index in [4.69, 9.17) is 17.3 Å². The van der Waals surface area contributed by atoms with E-state index in [0.717, 1.165) is 21.8 Å². The molecule has 0 atom stereocenters. The molecule has 0 amide bonds. The number of rotatable bonds is 2. The number of hydrogen-bond donors (Lipinski definition) is 1. The van der Waals surface area contributed by atoms with Crippen LogP contribution in [0.3, 0.4) is 0 Å². The molecular formula is C12H12ClN3. The van der Waals surface area contributed by atoms with Crippen molar-refractivity contribution in [2.75, 3.05) is 0 Å². The Morgan fingerprint density at radius 3 is 2.81 bits per heavy atom. The first-order valence-electron chi connectivity index (χ1n) is 4.99. The predicted octanol–water partition coefficient (Wildman–Crippen LogP) is 2.56. The molecule has 1 heterocycles. The summed E-state index contributed by atoms with van der Waals surface area (Å²) < 4.78 is 0.